The maximum Gasteiger partial charge on any atom is 0.325 e. The highest BCUT2D eigenvalue weighted by atomic mass is 32.1. The summed E-state index contributed by atoms with van der Waals surface area (Å²) in [6.07, 6.45) is 0. The van der Waals surface area contributed by atoms with Gasteiger partial charge in [-0.3, -0.25) is 9.59 Å². The molecule has 0 N–H and O–H groups in total. The standard InChI is InChI=1S/C23H24N2O5S/c1-23(2,3)15-7-5-14(6-8-15)21(27)24-22-25(13-20(26)28-4)16-11-17-18(12-19(16)31-22)30-10-9-29-17/h5-8,11-12H,9-10,13H2,1-4H3. The first-order valence-corrected chi connectivity index (χ1v) is 10.8. The van der Waals surface area contributed by atoms with Crippen LogP contribution in [0.2, 0.25) is 0 Å². The Morgan fingerprint density at radius 1 is 1.10 bits per heavy atom. The molecule has 0 spiro atoms. The maximum absolute atomic E-state index is 12.9. The number of carbonyl (C=O) groups is 2. The van der Waals surface area contributed by atoms with Crippen LogP contribution in [0.15, 0.2) is 41.4 Å². The van der Waals surface area contributed by atoms with Crippen molar-refractivity contribution in [3.63, 3.8) is 0 Å². The van der Waals surface area contributed by atoms with Gasteiger partial charge in [-0.15, -0.1) is 0 Å². The van der Waals surface area contributed by atoms with Gasteiger partial charge in [-0.2, -0.15) is 4.99 Å². The number of carbonyl (C=O) groups excluding carboxylic acids is 2. The average Bonchev–Trinajstić information content (AvgIpc) is 3.07. The molecule has 1 aliphatic heterocycles. The van der Waals surface area contributed by atoms with E-state index < -0.39 is 5.97 Å². The van der Waals surface area contributed by atoms with E-state index in [2.05, 4.69) is 25.8 Å². The van der Waals surface area contributed by atoms with Crippen molar-refractivity contribution in [1.82, 2.24) is 4.57 Å². The first kappa shape index (κ1) is 21.1. The number of aromatic nitrogens is 1. The topological polar surface area (TPSA) is 79.1 Å². The number of esters is 1. The number of thiazole rings is 1. The number of ether oxygens (including phenoxy) is 3. The van der Waals surface area contributed by atoms with E-state index in [0.29, 0.717) is 35.1 Å². The van der Waals surface area contributed by atoms with E-state index in [9.17, 15) is 9.59 Å². The van der Waals surface area contributed by atoms with E-state index in [0.717, 1.165) is 15.8 Å². The Hall–Kier alpha value is -3.13. The molecule has 1 aliphatic rings. The van der Waals surface area contributed by atoms with Crippen LogP contribution in [-0.2, 0) is 21.5 Å². The molecular formula is C23H24N2O5S. The third kappa shape index (κ3) is 4.34. The molecule has 8 heteroatoms. The molecule has 0 saturated heterocycles. The van der Waals surface area contributed by atoms with Gasteiger partial charge < -0.3 is 18.8 Å². The second-order valence-corrected chi connectivity index (χ2v) is 9.26. The van der Waals surface area contributed by atoms with Gasteiger partial charge in [0, 0.05) is 17.7 Å². The summed E-state index contributed by atoms with van der Waals surface area (Å²) in [6, 6.07) is 11.1. The minimum atomic E-state index is -0.432. The number of rotatable bonds is 3. The Labute approximate surface area is 183 Å². The number of amides is 1. The Bertz CT molecular complexity index is 1220. The Morgan fingerprint density at radius 3 is 2.35 bits per heavy atom. The smallest absolute Gasteiger partial charge is 0.325 e. The molecule has 1 aromatic heterocycles. The zero-order chi connectivity index (χ0) is 22.2. The minimum Gasteiger partial charge on any atom is -0.486 e. The van der Waals surface area contributed by atoms with E-state index in [1.165, 1.54) is 18.4 Å². The lowest BCUT2D eigenvalue weighted by atomic mass is 9.87. The van der Waals surface area contributed by atoms with Crippen LogP contribution < -0.4 is 14.3 Å². The molecule has 1 amide bonds. The zero-order valence-corrected chi connectivity index (χ0v) is 18.7. The Balaban J connectivity index is 1.79. The summed E-state index contributed by atoms with van der Waals surface area (Å²) < 4.78 is 18.7. The Morgan fingerprint density at radius 2 is 1.74 bits per heavy atom. The number of fused-ring (bicyclic) bond motifs is 2. The van der Waals surface area contributed by atoms with Gasteiger partial charge in [0.25, 0.3) is 5.91 Å². The highest BCUT2D eigenvalue weighted by molar-refractivity contribution is 7.16. The lowest BCUT2D eigenvalue weighted by Gasteiger charge is -2.18. The van der Waals surface area contributed by atoms with Gasteiger partial charge in [0.1, 0.15) is 19.8 Å². The molecule has 7 nitrogen and oxygen atoms in total. The van der Waals surface area contributed by atoms with E-state index in [1.54, 1.807) is 16.7 Å². The highest BCUT2D eigenvalue weighted by Crippen LogP contribution is 2.35. The van der Waals surface area contributed by atoms with E-state index in [-0.39, 0.29) is 17.9 Å². The summed E-state index contributed by atoms with van der Waals surface area (Å²) in [5.74, 6) is 0.438. The van der Waals surface area contributed by atoms with Crippen molar-refractivity contribution < 1.29 is 23.8 Å². The molecule has 0 fully saturated rings. The minimum absolute atomic E-state index is 0.00299. The monoisotopic (exact) mass is 440 g/mol. The lowest BCUT2D eigenvalue weighted by Crippen LogP contribution is -2.22. The summed E-state index contributed by atoms with van der Waals surface area (Å²) in [7, 11) is 1.33. The molecule has 3 aromatic rings. The van der Waals surface area contributed by atoms with E-state index in [1.807, 2.05) is 24.3 Å². The third-order valence-electron chi connectivity index (χ3n) is 5.06. The van der Waals surface area contributed by atoms with Crippen molar-refractivity contribution in [2.75, 3.05) is 20.3 Å². The van der Waals surface area contributed by atoms with Gasteiger partial charge in [0.15, 0.2) is 16.3 Å². The van der Waals surface area contributed by atoms with Crippen molar-refractivity contribution >= 4 is 33.4 Å². The number of hydrogen-bond donors (Lipinski definition) is 0. The number of benzene rings is 2. The first-order valence-electron chi connectivity index (χ1n) is 9.95. The molecule has 0 bridgehead atoms. The first-order chi connectivity index (χ1) is 14.8. The molecule has 0 saturated carbocycles. The van der Waals surface area contributed by atoms with Crippen LogP contribution in [0.25, 0.3) is 10.2 Å². The maximum atomic E-state index is 12.9. The average molecular weight is 441 g/mol. The summed E-state index contributed by atoms with van der Waals surface area (Å²) >= 11 is 1.31. The molecule has 0 atom stereocenters. The summed E-state index contributed by atoms with van der Waals surface area (Å²) in [5, 5.41) is 0. The van der Waals surface area contributed by atoms with Crippen LogP contribution in [-0.4, -0.2) is 36.8 Å². The van der Waals surface area contributed by atoms with Gasteiger partial charge >= 0.3 is 5.97 Å². The highest BCUT2D eigenvalue weighted by Gasteiger charge is 2.19. The summed E-state index contributed by atoms with van der Waals surface area (Å²) in [6.45, 7) is 7.23. The van der Waals surface area contributed by atoms with Crippen molar-refractivity contribution in [2.24, 2.45) is 4.99 Å². The zero-order valence-electron chi connectivity index (χ0n) is 17.9. The van der Waals surface area contributed by atoms with Crippen LogP contribution >= 0.6 is 11.3 Å². The van der Waals surface area contributed by atoms with Crippen molar-refractivity contribution in [1.29, 1.82) is 0 Å². The second kappa shape index (κ2) is 8.19. The second-order valence-electron chi connectivity index (χ2n) is 8.25. The van der Waals surface area contributed by atoms with Crippen LogP contribution in [0.5, 0.6) is 11.5 Å². The van der Waals surface area contributed by atoms with Gasteiger partial charge in [0.2, 0.25) is 0 Å². The summed E-state index contributed by atoms with van der Waals surface area (Å²) in [4.78, 5) is 29.6. The van der Waals surface area contributed by atoms with Crippen LogP contribution in [0, 0.1) is 0 Å². The fourth-order valence-corrected chi connectivity index (χ4v) is 4.34. The molecule has 2 aromatic carbocycles. The van der Waals surface area contributed by atoms with Gasteiger partial charge in [0.05, 0.1) is 17.3 Å². The number of nitrogens with zero attached hydrogens (tertiary/aromatic N) is 2. The fourth-order valence-electron chi connectivity index (χ4n) is 3.30. The molecule has 0 radical (unpaired) electrons. The lowest BCUT2D eigenvalue weighted by molar-refractivity contribution is -0.141. The SMILES string of the molecule is COC(=O)Cn1c(=NC(=O)c2ccc(C(C)(C)C)cc2)sc2cc3c(cc21)OCCO3. The molecule has 31 heavy (non-hydrogen) atoms. The molecule has 0 aliphatic carbocycles. The fraction of sp³-hybridized carbons (Fsp3) is 0.348. The van der Waals surface area contributed by atoms with Gasteiger partial charge in [-0.05, 0) is 23.1 Å². The van der Waals surface area contributed by atoms with Crippen LogP contribution in [0.3, 0.4) is 0 Å². The number of methoxy groups -OCH3 is 1. The van der Waals surface area contributed by atoms with Crippen molar-refractivity contribution in [3.05, 3.63) is 52.3 Å². The van der Waals surface area contributed by atoms with E-state index in [4.69, 9.17) is 14.2 Å². The largest absolute Gasteiger partial charge is 0.486 e. The van der Waals surface area contributed by atoms with Gasteiger partial charge in [-0.1, -0.05) is 44.2 Å². The van der Waals surface area contributed by atoms with Crippen molar-refractivity contribution in [2.45, 2.75) is 32.7 Å². The van der Waals surface area contributed by atoms with E-state index >= 15 is 0 Å². The van der Waals surface area contributed by atoms with Crippen molar-refractivity contribution in [3.8, 4) is 11.5 Å². The normalized spacial score (nSPS) is 14.0. The molecule has 2 heterocycles. The van der Waals surface area contributed by atoms with Gasteiger partial charge in [-0.25, -0.2) is 0 Å². The number of hydrogen-bond acceptors (Lipinski definition) is 6. The Kier molecular flexibility index (Phi) is 5.58. The predicted molar refractivity (Wildman–Crippen MR) is 118 cm³/mol. The third-order valence-corrected chi connectivity index (χ3v) is 6.10. The molecular weight excluding hydrogens is 416 g/mol. The molecule has 4 rings (SSSR count). The van der Waals surface area contributed by atoms with Crippen LogP contribution in [0.4, 0.5) is 0 Å². The molecule has 0 unspecified atom stereocenters. The predicted octanol–water partition coefficient (Wildman–Crippen LogP) is 3.69. The molecule has 162 valence electrons. The summed E-state index contributed by atoms with van der Waals surface area (Å²) in [5.41, 5.74) is 2.35. The quantitative estimate of drug-likeness (QED) is 0.581. The van der Waals surface area contributed by atoms with Crippen LogP contribution in [0.1, 0.15) is 36.7 Å².